The van der Waals surface area contributed by atoms with Crippen LogP contribution in [0.15, 0.2) is 17.1 Å². The monoisotopic (exact) mass is 292 g/mol. The molecule has 0 fully saturated rings. The Bertz CT molecular complexity index is 465. The van der Waals surface area contributed by atoms with Crippen LogP contribution < -0.4 is 5.32 Å². The van der Waals surface area contributed by atoms with Gasteiger partial charge in [-0.2, -0.15) is 0 Å². The summed E-state index contributed by atoms with van der Waals surface area (Å²) in [5.74, 6) is 0.443. The van der Waals surface area contributed by atoms with Crippen LogP contribution in [0, 0.1) is 5.82 Å². The van der Waals surface area contributed by atoms with Gasteiger partial charge in [0.05, 0.1) is 21.3 Å². The van der Waals surface area contributed by atoms with Gasteiger partial charge in [-0.1, -0.05) is 35.0 Å². The first-order valence-corrected chi connectivity index (χ1v) is 6.76. The van der Waals surface area contributed by atoms with E-state index in [1.165, 1.54) is 12.1 Å². The van der Waals surface area contributed by atoms with Crippen molar-refractivity contribution in [1.29, 1.82) is 0 Å². The molecular weight excluding hydrogens is 282 g/mol. The summed E-state index contributed by atoms with van der Waals surface area (Å²) in [4.78, 5) is 4.48. The summed E-state index contributed by atoms with van der Waals surface area (Å²) in [7, 11) is 0. The first-order valence-electron chi connectivity index (χ1n) is 5.02. The Labute approximate surface area is 114 Å². The number of benzene rings is 1. The number of rotatable bonds is 1. The Kier molecular flexibility index (Phi) is 3.57. The summed E-state index contributed by atoms with van der Waals surface area (Å²) >= 11 is 13.5. The second-order valence-electron chi connectivity index (χ2n) is 4.39. The van der Waals surface area contributed by atoms with Gasteiger partial charge in [-0.05, 0) is 26.0 Å². The quantitative estimate of drug-likeness (QED) is 0.828. The third-order valence-corrected chi connectivity index (χ3v) is 4.12. The van der Waals surface area contributed by atoms with Gasteiger partial charge >= 0.3 is 0 Å². The highest BCUT2D eigenvalue weighted by Gasteiger charge is 2.26. The maximum absolute atomic E-state index is 13.0. The lowest BCUT2D eigenvalue weighted by molar-refractivity contribution is 0.605. The molecule has 6 heteroatoms. The molecule has 0 radical (unpaired) electrons. The molecule has 17 heavy (non-hydrogen) atoms. The number of anilines is 1. The number of thioether (sulfide) groups is 1. The first kappa shape index (κ1) is 13.0. The van der Waals surface area contributed by atoms with Crippen LogP contribution in [-0.2, 0) is 0 Å². The Morgan fingerprint density at radius 3 is 2.41 bits per heavy atom. The minimum atomic E-state index is -0.452. The maximum Gasteiger partial charge on any atom is 0.161 e. The number of hydrogen-bond donors (Lipinski definition) is 1. The predicted molar refractivity (Wildman–Crippen MR) is 74.0 cm³/mol. The molecule has 0 atom stereocenters. The minimum Gasteiger partial charge on any atom is -0.333 e. The summed E-state index contributed by atoms with van der Waals surface area (Å²) in [6.07, 6.45) is 0. The summed E-state index contributed by atoms with van der Waals surface area (Å²) in [6, 6.07) is 2.45. The van der Waals surface area contributed by atoms with E-state index in [2.05, 4.69) is 10.3 Å². The van der Waals surface area contributed by atoms with Crippen LogP contribution >= 0.6 is 35.0 Å². The summed E-state index contributed by atoms with van der Waals surface area (Å²) in [6.45, 7) is 4.09. The standard InChI is InChI=1S/C11H11Cl2FN2S/c1-11(2)5-17-10(16-11)15-9-7(12)3-6(14)4-8(9)13/h3-4H,5H2,1-2H3,(H,15,16). The Morgan fingerprint density at radius 1 is 1.35 bits per heavy atom. The van der Waals surface area contributed by atoms with Gasteiger partial charge in [0.1, 0.15) is 5.82 Å². The van der Waals surface area contributed by atoms with Crippen LogP contribution in [0.2, 0.25) is 10.0 Å². The van der Waals surface area contributed by atoms with Gasteiger partial charge in [-0.25, -0.2) is 4.39 Å². The van der Waals surface area contributed by atoms with Crippen LogP contribution in [0.5, 0.6) is 0 Å². The van der Waals surface area contributed by atoms with Crippen LogP contribution in [0.1, 0.15) is 13.8 Å². The van der Waals surface area contributed by atoms with Crippen LogP contribution in [0.25, 0.3) is 0 Å². The Balaban J connectivity index is 2.26. The number of amidine groups is 1. The van der Waals surface area contributed by atoms with Crippen LogP contribution in [0.3, 0.4) is 0 Å². The highest BCUT2D eigenvalue weighted by molar-refractivity contribution is 8.14. The summed E-state index contributed by atoms with van der Waals surface area (Å²) < 4.78 is 13.0. The van der Waals surface area contributed by atoms with Gasteiger partial charge in [0.25, 0.3) is 0 Å². The fourth-order valence-electron chi connectivity index (χ4n) is 1.42. The molecule has 1 heterocycles. The first-order chi connectivity index (χ1) is 7.87. The van der Waals surface area contributed by atoms with Crippen molar-refractivity contribution in [3.05, 3.63) is 28.0 Å². The van der Waals surface area contributed by atoms with E-state index in [4.69, 9.17) is 23.2 Å². The van der Waals surface area contributed by atoms with Crippen LogP contribution in [0.4, 0.5) is 10.1 Å². The molecule has 0 spiro atoms. The zero-order chi connectivity index (χ0) is 12.6. The fraction of sp³-hybridized carbons (Fsp3) is 0.364. The van der Waals surface area contributed by atoms with E-state index < -0.39 is 5.82 Å². The molecule has 0 aliphatic carbocycles. The molecule has 1 aromatic carbocycles. The normalized spacial score (nSPS) is 18.1. The summed E-state index contributed by atoms with van der Waals surface area (Å²) in [5.41, 5.74) is 0.407. The molecule has 0 bridgehead atoms. The molecule has 2 rings (SSSR count). The number of aliphatic imine (C=N–C) groups is 1. The van der Waals surface area contributed by atoms with Crippen molar-refractivity contribution in [2.45, 2.75) is 19.4 Å². The highest BCUT2D eigenvalue weighted by atomic mass is 35.5. The molecule has 0 saturated carbocycles. The van der Waals surface area contributed by atoms with E-state index in [0.29, 0.717) is 5.69 Å². The van der Waals surface area contributed by atoms with Gasteiger partial charge in [0, 0.05) is 5.75 Å². The van der Waals surface area contributed by atoms with E-state index in [9.17, 15) is 4.39 Å². The molecule has 0 aromatic heterocycles. The smallest absolute Gasteiger partial charge is 0.161 e. The van der Waals surface area contributed by atoms with E-state index in [0.717, 1.165) is 10.9 Å². The van der Waals surface area contributed by atoms with Crippen molar-refractivity contribution in [2.24, 2.45) is 4.99 Å². The van der Waals surface area contributed by atoms with E-state index in [-0.39, 0.29) is 15.6 Å². The number of nitrogens with one attached hydrogen (secondary N) is 1. The highest BCUT2D eigenvalue weighted by Crippen LogP contribution is 2.34. The van der Waals surface area contributed by atoms with Crippen molar-refractivity contribution in [3.63, 3.8) is 0 Å². The van der Waals surface area contributed by atoms with Crippen molar-refractivity contribution < 1.29 is 4.39 Å². The Morgan fingerprint density at radius 2 is 1.94 bits per heavy atom. The molecule has 1 aromatic rings. The molecule has 0 saturated heterocycles. The van der Waals surface area contributed by atoms with Crippen molar-refractivity contribution in [3.8, 4) is 0 Å². The zero-order valence-electron chi connectivity index (χ0n) is 9.35. The molecule has 1 aliphatic rings. The minimum absolute atomic E-state index is 0.0913. The predicted octanol–water partition coefficient (Wildman–Crippen LogP) is 4.43. The average molecular weight is 293 g/mol. The lowest BCUT2D eigenvalue weighted by atomic mass is 10.1. The molecule has 1 N–H and O–H groups in total. The lowest BCUT2D eigenvalue weighted by Gasteiger charge is -2.10. The molecule has 92 valence electrons. The Hall–Kier alpha value is -0.450. The third-order valence-electron chi connectivity index (χ3n) is 2.21. The molecule has 0 unspecified atom stereocenters. The van der Waals surface area contributed by atoms with Gasteiger partial charge in [-0.15, -0.1) is 0 Å². The second-order valence-corrected chi connectivity index (χ2v) is 6.17. The topological polar surface area (TPSA) is 24.4 Å². The third kappa shape index (κ3) is 3.06. The summed E-state index contributed by atoms with van der Waals surface area (Å²) in [5, 5.41) is 4.30. The average Bonchev–Trinajstić information content (AvgIpc) is 2.52. The zero-order valence-corrected chi connectivity index (χ0v) is 11.7. The van der Waals surface area contributed by atoms with Gasteiger partial charge < -0.3 is 5.32 Å². The fourth-order valence-corrected chi connectivity index (χ4v) is 3.01. The number of halogens is 3. The van der Waals surface area contributed by atoms with E-state index >= 15 is 0 Å². The van der Waals surface area contributed by atoms with Crippen molar-refractivity contribution in [1.82, 2.24) is 0 Å². The molecule has 1 aliphatic heterocycles. The maximum atomic E-state index is 13.0. The van der Waals surface area contributed by atoms with Gasteiger partial charge in [0.2, 0.25) is 0 Å². The molecular formula is C11H11Cl2FN2S. The van der Waals surface area contributed by atoms with E-state index in [1.54, 1.807) is 11.8 Å². The van der Waals surface area contributed by atoms with Gasteiger partial charge in [-0.3, -0.25) is 4.99 Å². The molecule has 0 amide bonds. The van der Waals surface area contributed by atoms with E-state index in [1.807, 2.05) is 13.8 Å². The molecule has 2 nitrogen and oxygen atoms in total. The number of nitrogens with zero attached hydrogens (tertiary/aromatic N) is 1. The van der Waals surface area contributed by atoms with Crippen molar-refractivity contribution >= 4 is 45.8 Å². The number of hydrogen-bond acceptors (Lipinski definition) is 3. The van der Waals surface area contributed by atoms with Crippen molar-refractivity contribution in [2.75, 3.05) is 11.1 Å². The lowest BCUT2D eigenvalue weighted by Crippen LogP contribution is -2.15. The van der Waals surface area contributed by atoms with Crippen LogP contribution in [-0.4, -0.2) is 16.5 Å². The SMILES string of the molecule is CC1(C)CSC(Nc2c(Cl)cc(F)cc2Cl)=N1. The van der Waals surface area contributed by atoms with Gasteiger partial charge in [0.15, 0.2) is 5.17 Å². The second kappa shape index (κ2) is 4.67. The largest absolute Gasteiger partial charge is 0.333 e.